The SMILES string of the molecule is CC(C)(C)OC(=O)NC(Cc1ccc2c(c1)C(Sc1ccccc1)CC(c1ccccc1)N2)C(=O)O. The second-order valence-corrected chi connectivity index (χ2v) is 11.2. The van der Waals surface area contributed by atoms with Crippen LogP contribution in [0.15, 0.2) is 83.8 Å². The second-order valence-electron chi connectivity index (χ2n) is 9.93. The Bertz CT molecular complexity index is 1190. The van der Waals surface area contributed by atoms with Crippen molar-refractivity contribution in [1.29, 1.82) is 0 Å². The molecule has 0 saturated heterocycles. The van der Waals surface area contributed by atoms with E-state index in [1.807, 2.05) is 48.2 Å². The number of fused-ring (bicyclic) bond motifs is 1. The van der Waals surface area contributed by atoms with Crippen molar-refractivity contribution in [2.45, 2.75) is 61.4 Å². The monoisotopic (exact) mass is 504 g/mol. The molecule has 4 rings (SSSR count). The fourth-order valence-corrected chi connectivity index (χ4v) is 5.54. The van der Waals surface area contributed by atoms with E-state index in [0.717, 1.165) is 23.2 Å². The van der Waals surface area contributed by atoms with Crippen LogP contribution >= 0.6 is 11.8 Å². The van der Waals surface area contributed by atoms with Crippen molar-refractivity contribution in [3.8, 4) is 0 Å². The third kappa shape index (κ3) is 6.82. The summed E-state index contributed by atoms with van der Waals surface area (Å²) >= 11 is 1.81. The molecule has 3 aromatic rings. The van der Waals surface area contributed by atoms with Gasteiger partial charge in [-0.1, -0.05) is 60.7 Å². The van der Waals surface area contributed by atoms with Crippen LogP contribution < -0.4 is 10.6 Å². The lowest BCUT2D eigenvalue weighted by molar-refractivity contribution is -0.139. The number of ether oxygens (including phenoxy) is 1. The van der Waals surface area contributed by atoms with Gasteiger partial charge in [0.25, 0.3) is 0 Å². The molecule has 3 N–H and O–H groups in total. The molecule has 0 fully saturated rings. The van der Waals surface area contributed by atoms with Gasteiger partial charge < -0.3 is 20.5 Å². The number of carbonyl (C=O) groups is 2. The summed E-state index contributed by atoms with van der Waals surface area (Å²) in [6.45, 7) is 5.23. The number of carbonyl (C=O) groups excluding carboxylic acids is 1. The summed E-state index contributed by atoms with van der Waals surface area (Å²) in [5, 5.41) is 16.1. The van der Waals surface area contributed by atoms with E-state index in [1.54, 1.807) is 20.8 Å². The van der Waals surface area contributed by atoms with Crippen molar-refractivity contribution in [3.63, 3.8) is 0 Å². The molecule has 1 heterocycles. The molecular formula is C29H32N2O4S. The van der Waals surface area contributed by atoms with Crippen molar-refractivity contribution in [1.82, 2.24) is 5.32 Å². The van der Waals surface area contributed by atoms with E-state index in [0.29, 0.717) is 0 Å². The highest BCUT2D eigenvalue weighted by Gasteiger charge is 2.30. The van der Waals surface area contributed by atoms with Crippen LogP contribution in [0.25, 0.3) is 0 Å². The predicted octanol–water partition coefficient (Wildman–Crippen LogP) is 6.60. The van der Waals surface area contributed by atoms with Gasteiger partial charge in [-0.15, -0.1) is 11.8 Å². The van der Waals surface area contributed by atoms with E-state index in [1.165, 1.54) is 10.5 Å². The lowest BCUT2D eigenvalue weighted by atomic mass is 9.91. The Hall–Kier alpha value is -3.45. The maximum absolute atomic E-state index is 12.2. The summed E-state index contributed by atoms with van der Waals surface area (Å²) in [5.41, 5.74) is 3.55. The number of carboxylic acids is 1. The van der Waals surface area contributed by atoms with E-state index in [9.17, 15) is 14.7 Å². The molecule has 0 radical (unpaired) electrons. The van der Waals surface area contributed by atoms with Crippen LogP contribution in [0.3, 0.4) is 0 Å². The smallest absolute Gasteiger partial charge is 0.408 e. The molecule has 3 aromatic carbocycles. The minimum Gasteiger partial charge on any atom is -0.480 e. The summed E-state index contributed by atoms with van der Waals surface area (Å²) < 4.78 is 5.26. The number of carboxylic acid groups (broad SMARTS) is 1. The number of alkyl carbamates (subject to hydrolysis) is 1. The molecule has 36 heavy (non-hydrogen) atoms. The molecule has 1 aliphatic rings. The lowest BCUT2D eigenvalue weighted by Gasteiger charge is -2.34. The van der Waals surface area contributed by atoms with Crippen molar-refractivity contribution >= 4 is 29.5 Å². The lowest BCUT2D eigenvalue weighted by Crippen LogP contribution is -2.44. The van der Waals surface area contributed by atoms with E-state index < -0.39 is 23.7 Å². The number of hydrogen-bond acceptors (Lipinski definition) is 5. The van der Waals surface area contributed by atoms with Gasteiger partial charge in [-0.05, 0) is 62.1 Å². The van der Waals surface area contributed by atoms with Crippen LogP contribution in [0.5, 0.6) is 0 Å². The van der Waals surface area contributed by atoms with Crippen molar-refractivity contribution in [3.05, 3.63) is 95.6 Å². The standard InChI is InChI=1S/C29H32N2O4S/c1-29(2,3)35-28(34)31-25(27(32)33)17-19-14-15-23-22(16-19)26(36-21-12-8-5-9-13-21)18-24(30-23)20-10-6-4-7-11-20/h4-16,24-26,30H,17-18H2,1-3H3,(H,31,34)(H,32,33). The summed E-state index contributed by atoms with van der Waals surface area (Å²) in [6, 6.07) is 25.8. The number of hydrogen-bond donors (Lipinski definition) is 3. The van der Waals surface area contributed by atoms with E-state index in [4.69, 9.17) is 4.74 Å². The Morgan fingerprint density at radius 1 is 1.06 bits per heavy atom. The van der Waals surface area contributed by atoms with Gasteiger partial charge in [0.1, 0.15) is 11.6 Å². The third-order valence-corrected chi connectivity index (χ3v) is 7.17. The summed E-state index contributed by atoms with van der Waals surface area (Å²) in [4.78, 5) is 25.3. The first-order valence-corrected chi connectivity index (χ1v) is 12.9. The van der Waals surface area contributed by atoms with Crippen LogP contribution in [0.2, 0.25) is 0 Å². The Morgan fingerprint density at radius 3 is 2.36 bits per heavy atom. The molecule has 6 nitrogen and oxygen atoms in total. The fourth-order valence-electron chi connectivity index (χ4n) is 4.29. The Labute approximate surface area is 216 Å². The highest BCUT2D eigenvalue weighted by Crippen LogP contribution is 2.48. The molecule has 188 valence electrons. The maximum Gasteiger partial charge on any atom is 0.408 e. The first-order chi connectivity index (χ1) is 17.2. The number of nitrogens with one attached hydrogen (secondary N) is 2. The first kappa shape index (κ1) is 25.6. The topological polar surface area (TPSA) is 87.7 Å². The van der Waals surface area contributed by atoms with Crippen molar-refractivity contribution < 1.29 is 19.4 Å². The van der Waals surface area contributed by atoms with Gasteiger partial charge in [0, 0.05) is 22.3 Å². The second kappa shape index (κ2) is 11.1. The van der Waals surface area contributed by atoms with E-state index in [2.05, 4.69) is 53.1 Å². The van der Waals surface area contributed by atoms with Crippen LogP contribution in [-0.4, -0.2) is 28.8 Å². The molecule has 3 atom stereocenters. The number of amides is 1. The molecule has 0 saturated carbocycles. The Morgan fingerprint density at radius 2 is 1.72 bits per heavy atom. The van der Waals surface area contributed by atoms with Gasteiger partial charge in [-0.3, -0.25) is 0 Å². The normalized spacial score (nSPS) is 17.9. The largest absolute Gasteiger partial charge is 0.480 e. The number of aliphatic carboxylic acids is 1. The summed E-state index contributed by atoms with van der Waals surface area (Å²) in [7, 11) is 0. The minimum absolute atomic E-state index is 0.159. The molecule has 0 bridgehead atoms. The zero-order valence-electron chi connectivity index (χ0n) is 20.7. The van der Waals surface area contributed by atoms with Crippen LogP contribution in [0.4, 0.5) is 10.5 Å². The van der Waals surface area contributed by atoms with Crippen LogP contribution in [-0.2, 0) is 16.0 Å². The average molecular weight is 505 g/mol. The molecule has 0 spiro atoms. The Balaban J connectivity index is 1.59. The van der Waals surface area contributed by atoms with E-state index >= 15 is 0 Å². The van der Waals surface area contributed by atoms with Crippen molar-refractivity contribution in [2.75, 3.05) is 5.32 Å². The Kier molecular flexibility index (Phi) is 7.89. The molecule has 0 aromatic heterocycles. The zero-order valence-corrected chi connectivity index (χ0v) is 21.5. The van der Waals surface area contributed by atoms with Gasteiger partial charge >= 0.3 is 12.1 Å². The van der Waals surface area contributed by atoms with Gasteiger partial charge in [-0.2, -0.15) is 0 Å². The number of anilines is 1. The van der Waals surface area contributed by atoms with Crippen LogP contribution in [0, 0.1) is 0 Å². The van der Waals surface area contributed by atoms with Gasteiger partial charge in [0.15, 0.2) is 0 Å². The molecule has 7 heteroatoms. The van der Waals surface area contributed by atoms with Gasteiger partial charge in [0.2, 0.25) is 0 Å². The average Bonchev–Trinajstić information content (AvgIpc) is 2.83. The molecule has 1 amide bonds. The van der Waals surface area contributed by atoms with Crippen molar-refractivity contribution in [2.24, 2.45) is 0 Å². The summed E-state index contributed by atoms with van der Waals surface area (Å²) in [6.07, 6.45) is 0.309. The molecular weight excluding hydrogens is 472 g/mol. The fraction of sp³-hybridized carbons (Fsp3) is 0.310. The highest BCUT2D eigenvalue weighted by atomic mass is 32.2. The van der Waals surface area contributed by atoms with Gasteiger partial charge in [-0.25, -0.2) is 9.59 Å². The molecule has 3 unspecified atom stereocenters. The first-order valence-electron chi connectivity index (χ1n) is 12.1. The third-order valence-electron chi connectivity index (χ3n) is 5.89. The number of rotatable bonds is 7. The maximum atomic E-state index is 12.2. The van der Waals surface area contributed by atoms with Gasteiger partial charge in [0.05, 0.1) is 6.04 Å². The zero-order chi connectivity index (χ0) is 25.7. The number of thioether (sulfide) groups is 1. The minimum atomic E-state index is -1.10. The van der Waals surface area contributed by atoms with E-state index in [-0.39, 0.29) is 17.7 Å². The summed E-state index contributed by atoms with van der Waals surface area (Å²) in [5.74, 6) is -1.10. The molecule has 1 aliphatic heterocycles. The van der Waals surface area contributed by atoms with Crippen LogP contribution in [0.1, 0.15) is 55.2 Å². The predicted molar refractivity (Wildman–Crippen MR) is 143 cm³/mol. The quantitative estimate of drug-likeness (QED) is 0.336. The highest BCUT2D eigenvalue weighted by molar-refractivity contribution is 7.99. The molecule has 0 aliphatic carbocycles. The number of benzene rings is 3.